The third-order valence-electron chi connectivity index (χ3n) is 4.49. The van der Waals surface area contributed by atoms with Gasteiger partial charge < -0.3 is 4.90 Å². The Bertz CT molecular complexity index is 926. The molecule has 2 aromatic rings. The summed E-state index contributed by atoms with van der Waals surface area (Å²) < 4.78 is 38.2. The van der Waals surface area contributed by atoms with E-state index in [1.807, 2.05) is 6.92 Å². The van der Waals surface area contributed by atoms with Crippen molar-refractivity contribution >= 4 is 15.7 Å². The molecule has 7 nitrogen and oxygen atoms in total. The highest BCUT2D eigenvalue weighted by atomic mass is 32.2. The summed E-state index contributed by atoms with van der Waals surface area (Å²) in [5, 5.41) is 7.92. The maximum Gasteiger partial charge on any atom is 0.276 e. The van der Waals surface area contributed by atoms with E-state index in [4.69, 9.17) is 0 Å². The monoisotopic (exact) mass is 380 g/mol. The number of aromatic nitrogens is 3. The van der Waals surface area contributed by atoms with Gasteiger partial charge in [0.2, 0.25) is 0 Å². The van der Waals surface area contributed by atoms with Gasteiger partial charge in [-0.2, -0.15) is 0 Å². The highest BCUT2D eigenvalue weighted by Crippen LogP contribution is 2.21. The Morgan fingerprint density at radius 3 is 2.81 bits per heavy atom. The molecular formula is C17H21FN4O3S. The van der Waals surface area contributed by atoms with Crippen molar-refractivity contribution in [1.82, 2.24) is 19.9 Å². The Labute approximate surface area is 151 Å². The number of aryl methyl sites for hydroxylation is 1. The van der Waals surface area contributed by atoms with Crippen molar-refractivity contribution in [2.75, 3.05) is 18.1 Å². The lowest BCUT2D eigenvalue weighted by Crippen LogP contribution is -2.41. The number of halogens is 1. The summed E-state index contributed by atoms with van der Waals surface area (Å²) in [6, 6.07) is 3.94. The molecule has 1 fully saturated rings. The van der Waals surface area contributed by atoms with Crippen LogP contribution >= 0.6 is 0 Å². The van der Waals surface area contributed by atoms with Gasteiger partial charge in [0.25, 0.3) is 5.91 Å². The zero-order valence-electron chi connectivity index (χ0n) is 14.7. The minimum atomic E-state index is -3.09. The second-order valence-electron chi connectivity index (χ2n) is 6.53. The van der Waals surface area contributed by atoms with Gasteiger partial charge >= 0.3 is 0 Å². The molecule has 1 aromatic heterocycles. The van der Waals surface area contributed by atoms with Crippen LogP contribution in [0.4, 0.5) is 4.39 Å². The van der Waals surface area contributed by atoms with Crippen LogP contribution in [0.15, 0.2) is 24.4 Å². The average molecular weight is 380 g/mol. The minimum absolute atomic E-state index is 0.00997. The fourth-order valence-electron chi connectivity index (χ4n) is 3.21. The maximum absolute atomic E-state index is 13.3. The molecule has 0 N–H and O–H groups in total. The molecule has 0 saturated carbocycles. The highest BCUT2D eigenvalue weighted by molar-refractivity contribution is 7.91. The maximum atomic E-state index is 13.3. The Morgan fingerprint density at radius 2 is 2.19 bits per heavy atom. The van der Waals surface area contributed by atoms with Crippen molar-refractivity contribution in [3.8, 4) is 5.69 Å². The Morgan fingerprint density at radius 1 is 1.42 bits per heavy atom. The molecule has 0 radical (unpaired) electrons. The van der Waals surface area contributed by atoms with Crippen LogP contribution < -0.4 is 0 Å². The van der Waals surface area contributed by atoms with Crippen molar-refractivity contribution in [2.24, 2.45) is 0 Å². The summed E-state index contributed by atoms with van der Waals surface area (Å²) in [7, 11) is -3.09. The van der Waals surface area contributed by atoms with Gasteiger partial charge in [0.05, 0.1) is 23.4 Å². The van der Waals surface area contributed by atoms with Crippen molar-refractivity contribution in [2.45, 2.75) is 32.7 Å². The summed E-state index contributed by atoms with van der Waals surface area (Å²) in [6.45, 7) is 4.14. The molecule has 1 aromatic carbocycles. The van der Waals surface area contributed by atoms with E-state index in [9.17, 15) is 17.6 Å². The van der Waals surface area contributed by atoms with E-state index in [1.165, 1.54) is 23.0 Å². The van der Waals surface area contributed by atoms with Crippen LogP contribution in [-0.2, 0) is 9.84 Å². The largest absolute Gasteiger partial charge is 0.333 e. The number of sulfone groups is 1. The molecule has 9 heteroatoms. The molecule has 1 aliphatic heterocycles. The lowest BCUT2D eigenvalue weighted by molar-refractivity contribution is 0.0691. The van der Waals surface area contributed by atoms with Gasteiger partial charge in [-0.25, -0.2) is 17.5 Å². The fraction of sp³-hybridized carbons (Fsp3) is 0.471. The first kappa shape index (κ1) is 18.5. The molecule has 1 aliphatic rings. The van der Waals surface area contributed by atoms with E-state index in [1.54, 1.807) is 17.9 Å². The Kier molecular flexibility index (Phi) is 5.08. The quantitative estimate of drug-likeness (QED) is 0.789. The lowest BCUT2D eigenvalue weighted by atomic mass is 10.2. The third kappa shape index (κ3) is 3.77. The molecule has 1 unspecified atom stereocenters. The number of rotatable bonds is 5. The standard InChI is InChI=1S/C17H21FN4O3S/c1-3-7-21(14-6-8-26(24,25)11-14)17(23)15-10-22(20-19-15)16-5-4-13(18)9-12(16)2/h4-5,9-10,14H,3,6-8,11H2,1-2H3. The summed E-state index contributed by atoms with van der Waals surface area (Å²) in [4.78, 5) is 14.5. The molecule has 2 heterocycles. The van der Waals surface area contributed by atoms with E-state index >= 15 is 0 Å². The topological polar surface area (TPSA) is 85.2 Å². The van der Waals surface area contributed by atoms with Crippen molar-refractivity contribution < 1.29 is 17.6 Å². The first-order chi connectivity index (χ1) is 12.3. The number of benzene rings is 1. The first-order valence-corrected chi connectivity index (χ1v) is 10.3. The van der Waals surface area contributed by atoms with Crippen LogP contribution in [0.2, 0.25) is 0 Å². The number of amides is 1. The summed E-state index contributed by atoms with van der Waals surface area (Å²) in [6.07, 6.45) is 2.65. The van der Waals surface area contributed by atoms with Gasteiger partial charge in [-0.15, -0.1) is 5.10 Å². The highest BCUT2D eigenvalue weighted by Gasteiger charge is 2.35. The van der Waals surface area contributed by atoms with Gasteiger partial charge in [-0.1, -0.05) is 12.1 Å². The first-order valence-electron chi connectivity index (χ1n) is 8.51. The van der Waals surface area contributed by atoms with E-state index in [0.717, 1.165) is 0 Å². The Hall–Kier alpha value is -2.29. The van der Waals surface area contributed by atoms with Gasteiger partial charge in [0.1, 0.15) is 5.82 Å². The predicted octanol–water partition coefficient (Wildman–Crippen LogP) is 1.75. The van der Waals surface area contributed by atoms with E-state index in [2.05, 4.69) is 10.3 Å². The molecule has 26 heavy (non-hydrogen) atoms. The zero-order valence-corrected chi connectivity index (χ0v) is 15.5. The fourth-order valence-corrected chi connectivity index (χ4v) is 4.95. The molecule has 1 saturated heterocycles. The van der Waals surface area contributed by atoms with Crippen LogP contribution in [-0.4, -0.2) is 58.3 Å². The van der Waals surface area contributed by atoms with Crippen LogP contribution in [0.5, 0.6) is 0 Å². The SMILES string of the molecule is CCCN(C(=O)c1cn(-c2ccc(F)cc2C)nn1)C1CCS(=O)(=O)C1. The summed E-state index contributed by atoms with van der Waals surface area (Å²) in [5.74, 6) is -0.587. The zero-order chi connectivity index (χ0) is 18.9. The minimum Gasteiger partial charge on any atom is -0.333 e. The number of carbonyl (C=O) groups excluding carboxylic acids is 1. The van der Waals surface area contributed by atoms with Gasteiger partial charge in [0.15, 0.2) is 15.5 Å². The molecule has 1 atom stereocenters. The van der Waals surface area contributed by atoms with Gasteiger partial charge in [0, 0.05) is 12.6 Å². The van der Waals surface area contributed by atoms with Crippen LogP contribution in [0.1, 0.15) is 35.8 Å². The summed E-state index contributed by atoms with van der Waals surface area (Å²) >= 11 is 0. The van der Waals surface area contributed by atoms with Crippen LogP contribution in [0.25, 0.3) is 5.69 Å². The number of nitrogens with zero attached hydrogens (tertiary/aromatic N) is 4. The van der Waals surface area contributed by atoms with Gasteiger partial charge in [-0.05, 0) is 43.5 Å². The molecule has 1 amide bonds. The van der Waals surface area contributed by atoms with Gasteiger partial charge in [-0.3, -0.25) is 4.79 Å². The number of hydrogen-bond donors (Lipinski definition) is 0. The normalized spacial score (nSPS) is 18.8. The van der Waals surface area contributed by atoms with Crippen molar-refractivity contribution in [3.63, 3.8) is 0 Å². The average Bonchev–Trinajstić information content (AvgIpc) is 3.18. The van der Waals surface area contributed by atoms with Crippen LogP contribution in [0.3, 0.4) is 0 Å². The second-order valence-corrected chi connectivity index (χ2v) is 8.76. The number of carbonyl (C=O) groups is 1. The van der Waals surface area contributed by atoms with E-state index < -0.39 is 9.84 Å². The predicted molar refractivity (Wildman–Crippen MR) is 94.4 cm³/mol. The number of hydrogen-bond acceptors (Lipinski definition) is 5. The smallest absolute Gasteiger partial charge is 0.276 e. The summed E-state index contributed by atoms with van der Waals surface area (Å²) in [5.41, 5.74) is 1.44. The molecule has 0 aliphatic carbocycles. The molecule has 0 spiro atoms. The molecule has 3 rings (SSSR count). The van der Waals surface area contributed by atoms with E-state index in [0.29, 0.717) is 30.6 Å². The van der Waals surface area contributed by atoms with Crippen LogP contribution in [0, 0.1) is 12.7 Å². The van der Waals surface area contributed by atoms with E-state index in [-0.39, 0.29) is 35.0 Å². The Balaban J connectivity index is 1.85. The molecule has 0 bridgehead atoms. The lowest BCUT2D eigenvalue weighted by Gasteiger charge is -2.26. The van der Waals surface area contributed by atoms with Crippen molar-refractivity contribution in [1.29, 1.82) is 0 Å². The van der Waals surface area contributed by atoms with Crippen molar-refractivity contribution in [3.05, 3.63) is 41.5 Å². The molecule has 140 valence electrons. The third-order valence-corrected chi connectivity index (χ3v) is 6.24. The second kappa shape index (κ2) is 7.14. The molecular weight excluding hydrogens is 359 g/mol.